The van der Waals surface area contributed by atoms with Gasteiger partial charge in [0.2, 0.25) is 0 Å². The van der Waals surface area contributed by atoms with E-state index in [1.807, 2.05) is 32.0 Å². The van der Waals surface area contributed by atoms with E-state index in [0.29, 0.717) is 0 Å². The molecule has 2 rings (SSSR count). The molecular formula is C12H18O2. The summed E-state index contributed by atoms with van der Waals surface area (Å²) in [6.07, 6.45) is 0.966. The van der Waals surface area contributed by atoms with E-state index in [2.05, 4.69) is 6.92 Å². The van der Waals surface area contributed by atoms with Crippen molar-refractivity contribution in [2.45, 2.75) is 27.2 Å². The van der Waals surface area contributed by atoms with Crippen molar-refractivity contribution in [3.05, 3.63) is 23.8 Å². The molecule has 0 saturated heterocycles. The van der Waals surface area contributed by atoms with Crippen LogP contribution in [0.1, 0.15) is 25.8 Å². The van der Waals surface area contributed by atoms with Gasteiger partial charge in [-0.05, 0) is 24.6 Å². The largest absolute Gasteiger partial charge is 0.490 e. The maximum absolute atomic E-state index is 5.50. The van der Waals surface area contributed by atoms with Gasteiger partial charge in [-0.3, -0.25) is 0 Å². The lowest BCUT2D eigenvalue weighted by Gasteiger charge is -2.06. The number of hydrogen-bond donors (Lipinski definition) is 0. The molecule has 2 nitrogen and oxygen atoms in total. The van der Waals surface area contributed by atoms with Crippen molar-refractivity contribution in [1.82, 2.24) is 0 Å². The van der Waals surface area contributed by atoms with Crippen LogP contribution in [0.3, 0.4) is 0 Å². The Morgan fingerprint density at radius 1 is 1.00 bits per heavy atom. The van der Waals surface area contributed by atoms with Crippen LogP contribution in [0.2, 0.25) is 0 Å². The first-order valence-electron chi connectivity index (χ1n) is 5.22. The zero-order chi connectivity index (χ0) is 10.4. The summed E-state index contributed by atoms with van der Waals surface area (Å²) in [7, 11) is 0. The second-order valence-corrected chi connectivity index (χ2v) is 3.00. The van der Waals surface area contributed by atoms with Gasteiger partial charge < -0.3 is 9.47 Å². The fourth-order valence-electron chi connectivity index (χ4n) is 1.27. The minimum Gasteiger partial charge on any atom is -0.490 e. The summed E-state index contributed by atoms with van der Waals surface area (Å²) in [5.41, 5.74) is 1.21. The lowest BCUT2D eigenvalue weighted by molar-refractivity contribution is 0.297. The van der Waals surface area contributed by atoms with Gasteiger partial charge in [-0.2, -0.15) is 0 Å². The average molecular weight is 194 g/mol. The Hall–Kier alpha value is -1.18. The molecule has 0 N–H and O–H groups in total. The summed E-state index contributed by atoms with van der Waals surface area (Å²) in [6, 6.07) is 6.02. The standard InChI is InChI=1S/C10H12O2.C2H6/c1-8-3-4-9-10(7-8)12-6-2-5-11-9;1-2/h3-4,7H,2,5-6H2,1H3;1-2H3. The van der Waals surface area contributed by atoms with E-state index >= 15 is 0 Å². The summed E-state index contributed by atoms with van der Waals surface area (Å²) in [6.45, 7) is 7.57. The Kier molecular flexibility index (Phi) is 4.30. The highest BCUT2D eigenvalue weighted by Gasteiger charge is 2.08. The van der Waals surface area contributed by atoms with Crippen molar-refractivity contribution in [1.29, 1.82) is 0 Å². The van der Waals surface area contributed by atoms with Gasteiger partial charge in [-0.25, -0.2) is 0 Å². The van der Waals surface area contributed by atoms with E-state index in [-0.39, 0.29) is 0 Å². The minimum absolute atomic E-state index is 0.760. The third-order valence-electron chi connectivity index (χ3n) is 1.90. The van der Waals surface area contributed by atoms with Crippen LogP contribution in [-0.4, -0.2) is 13.2 Å². The van der Waals surface area contributed by atoms with Gasteiger partial charge in [0, 0.05) is 6.42 Å². The van der Waals surface area contributed by atoms with Gasteiger partial charge in [0.15, 0.2) is 11.5 Å². The normalized spacial score (nSPS) is 13.6. The van der Waals surface area contributed by atoms with Gasteiger partial charge >= 0.3 is 0 Å². The maximum Gasteiger partial charge on any atom is 0.161 e. The van der Waals surface area contributed by atoms with Crippen molar-refractivity contribution in [3.8, 4) is 11.5 Å². The van der Waals surface area contributed by atoms with Crippen LogP contribution in [0.15, 0.2) is 18.2 Å². The highest BCUT2D eigenvalue weighted by atomic mass is 16.5. The first-order chi connectivity index (χ1) is 6.86. The van der Waals surface area contributed by atoms with Gasteiger partial charge in [-0.15, -0.1) is 0 Å². The molecule has 1 aliphatic rings. The molecule has 0 unspecified atom stereocenters. The Balaban J connectivity index is 0.000000461. The van der Waals surface area contributed by atoms with Crippen LogP contribution in [0.4, 0.5) is 0 Å². The van der Waals surface area contributed by atoms with Crippen LogP contribution >= 0.6 is 0 Å². The van der Waals surface area contributed by atoms with Crippen molar-refractivity contribution >= 4 is 0 Å². The SMILES string of the molecule is CC.Cc1ccc2c(c1)OCCCO2. The molecule has 78 valence electrons. The molecule has 0 aromatic heterocycles. The number of rotatable bonds is 0. The molecule has 0 spiro atoms. The molecule has 0 atom stereocenters. The fraction of sp³-hybridized carbons (Fsp3) is 0.500. The topological polar surface area (TPSA) is 18.5 Å². The van der Waals surface area contributed by atoms with Crippen LogP contribution in [0, 0.1) is 6.92 Å². The molecule has 0 fully saturated rings. The summed E-state index contributed by atoms with van der Waals surface area (Å²) in [5, 5.41) is 0. The Bertz CT molecular complexity index is 282. The number of hydrogen-bond acceptors (Lipinski definition) is 2. The van der Waals surface area contributed by atoms with E-state index in [9.17, 15) is 0 Å². The Morgan fingerprint density at radius 3 is 2.36 bits per heavy atom. The number of fused-ring (bicyclic) bond motifs is 1. The third-order valence-corrected chi connectivity index (χ3v) is 1.90. The van der Waals surface area contributed by atoms with Crippen molar-refractivity contribution < 1.29 is 9.47 Å². The zero-order valence-electron chi connectivity index (χ0n) is 9.17. The monoisotopic (exact) mass is 194 g/mol. The number of ether oxygens (including phenoxy) is 2. The lowest BCUT2D eigenvalue weighted by Crippen LogP contribution is -1.97. The van der Waals surface area contributed by atoms with E-state index < -0.39 is 0 Å². The molecular weight excluding hydrogens is 176 g/mol. The second-order valence-electron chi connectivity index (χ2n) is 3.00. The summed E-state index contributed by atoms with van der Waals surface area (Å²) < 4.78 is 11.0. The number of benzene rings is 1. The highest BCUT2D eigenvalue weighted by molar-refractivity contribution is 5.42. The molecule has 1 aromatic carbocycles. The second kappa shape index (κ2) is 5.53. The van der Waals surface area contributed by atoms with Crippen molar-refractivity contribution in [3.63, 3.8) is 0 Å². The first kappa shape index (κ1) is 10.9. The van der Waals surface area contributed by atoms with Crippen LogP contribution < -0.4 is 9.47 Å². The average Bonchev–Trinajstić information content (AvgIpc) is 2.45. The van der Waals surface area contributed by atoms with Crippen molar-refractivity contribution in [2.24, 2.45) is 0 Å². The fourth-order valence-corrected chi connectivity index (χ4v) is 1.27. The predicted octanol–water partition coefficient (Wildman–Crippen LogP) is 3.18. The van der Waals surface area contributed by atoms with E-state index in [0.717, 1.165) is 31.1 Å². The molecule has 1 aliphatic heterocycles. The van der Waals surface area contributed by atoms with Crippen LogP contribution in [0.5, 0.6) is 11.5 Å². The summed E-state index contributed by atoms with van der Waals surface area (Å²) >= 11 is 0. The summed E-state index contributed by atoms with van der Waals surface area (Å²) in [4.78, 5) is 0. The Morgan fingerprint density at radius 2 is 1.64 bits per heavy atom. The maximum atomic E-state index is 5.50. The molecule has 1 heterocycles. The van der Waals surface area contributed by atoms with Gasteiger partial charge in [0.25, 0.3) is 0 Å². The van der Waals surface area contributed by atoms with E-state index in [4.69, 9.17) is 9.47 Å². The van der Waals surface area contributed by atoms with Crippen LogP contribution in [0.25, 0.3) is 0 Å². The minimum atomic E-state index is 0.760. The lowest BCUT2D eigenvalue weighted by atomic mass is 10.2. The summed E-state index contributed by atoms with van der Waals surface area (Å²) in [5.74, 6) is 1.76. The number of aryl methyl sites for hydroxylation is 1. The molecule has 2 heteroatoms. The van der Waals surface area contributed by atoms with Crippen LogP contribution in [-0.2, 0) is 0 Å². The zero-order valence-corrected chi connectivity index (χ0v) is 9.17. The molecule has 0 bridgehead atoms. The van der Waals surface area contributed by atoms with E-state index in [1.54, 1.807) is 0 Å². The van der Waals surface area contributed by atoms with Gasteiger partial charge in [0.1, 0.15) is 0 Å². The van der Waals surface area contributed by atoms with Gasteiger partial charge in [0.05, 0.1) is 13.2 Å². The Labute approximate surface area is 85.8 Å². The third kappa shape index (κ3) is 2.66. The molecule has 0 aliphatic carbocycles. The molecule has 0 radical (unpaired) electrons. The molecule has 0 amide bonds. The molecule has 1 aromatic rings. The van der Waals surface area contributed by atoms with Crippen molar-refractivity contribution in [2.75, 3.05) is 13.2 Å². The first-order valence-corrected chi connectivity index (χ1v) is 5.22. The highest BCUT2D eigenvalue weighted by Crippen LogP contribution is 2.29. The van der Waals surface area contributed by atoms with E-state index in [1.165, 1.54) is 5.56 Å². The van der Waals surface area contributed by atoms with Gasteiger partial charge in [-0.1, -0.05) is 19.9 Å². The quantitative estimate of drug-likeness (QED) is 0.631. The predicted molar refractivity (Wildman–Crippen MR) is 58.1 cm³/mol. The molecule has 0 saturated carbocycles. The smallest absolute Gasteiger partial charge is 0.161 e. The molecule has 14 heavy (non-hydrogen) atoms.